The van der Waals surface area contributed by atoms with Crippen LogP contribution in [0.5, 0.6) is 0 Å². The first kappa shape index (κ1) is 15.9. The number of halogens is 1. The van der Waals surface area contributed by atoms with E-state index in [1.807, 2.05) is 24.4 Å². The van der Waals surface area contributed by atoms with Gasteiger partial charge in [-0.05, 0) is 36.6 Å². The molecule has 0 unspecified atom stereocenters. The average molecular weight is 348 g/mol. The summed E-state index contributed by atoms with van der Waals surface area (Å²) in [7, 11) is 0. The SMILES string of the molecule is O=C(NCCN1CCOCC1)C1(c2c[nH]c3ccc(Cl)cc23)CC1. The predicted octanol–water partition coefficient (Wildman–Crippen LogP) is 2.30. The van der Waals surface area contributed by atoms with E-state index in [4.69, 9.17) is 16.3 Å². The standard InChI is InChI=1S/C18H22ClN3O2/c19-13-1-2-16-14(11-13)15(12-21-16)18(3-4-18)17(23)20-5-6-22-7-9-24-10-8-22/h1-2,11-12,21H,3-10H2,(H,20,23). The van der Waals surface area contributed by atoms with Crippen LogP contribution in [0.1, 0.15) is 18.4 Å². The Kier molecular flexibility index (Phi) is 4.24. The summed E-state index contributed by atoms with van der Waals surface area (Å²) < 4.78 is 5.35. The highest BCUT2D eigenvalue weighted by Crippen LogP contribution is 2.50. The molecule has 1 aromatic heterocycles. The lowest BCUT2D eigenvalue weighted by Gasteiger charge is -2.26. The van der Waals surface area contributed by atoms with Gasteiger partial charge in [0.25, 0.3) is 0 Å². The van der Waals surface area contributed by atoms with Gasteiger partial charge in [0, 0.05) is 48.3 Å². The molecule has 128 valence electrons. The molecule has 2 aromatic rings. The van der Waals surface area contributed by atoms with Crippen molar-refractivity contribution >= 4 is 28.4 Å². The van der Waals surface area contributed by atoms with Crippen LogP contribution in [0.4, 0.5) is 0 Å². The number of morpholine rings is 1. The van der Waals surface area contributed by atoms with E-state index < -0.39 is 0 Å². The average Bonchev–Trinajstić information content (AvgIpc) is 3.30. The molecule has 2 fully saturated rings. The Hall–Kier alpha value is -1.56. The highest BCUT2D eigenvalue weighted by Gasteiger charge is 2.52. The van der Waals surface area contributed by atoms with Gasteiger partial charge in [-0.2, -0.15) is 0 Å². The van der Waals surface area contributed by atoms with Crippen LogP contribution < -0.4 is 5.32 Å². The second kappa shape index (κ2) is 6.39. The zero-order valence-corrected chi connectivity index (χ0v) is 14.4. The van der Waals surface area contributed by atoms with E-state index in [0.29, 0.717) is 11.6 Å². The molecule has 0 bridgehead atoms. The summed E-state index contributed by atoms with van der Waals surface area (Å²) in [6.07, 6.45) is 3.77. The Balaban J connectivity index is 1.44. The molecule has 2 N–H and O–H groups in total. The summed E-state index contributed by atoms with van der Waals surface area (Å²) in [5, 5.41) is 4.89. The van der Waals surface area contributed by atoms with Gasteiger partial charge in [-0.25, -0.2) is 0 Å². The molecule has 6 heteroatoms. The second-order valence-electron chi connectivity index (χ2n) is 6.68. The second-order valence-corrected chi connectivity index (χ2v) is 7.12. The van der Waals surface area contributed by atoms with Crippen molar-refractivity contribution in [2.45, 2.75) is 18.3 Å². The number of nitrogens with one attached hydrogen (secondary N) is 2. The van der Waals surface area contributed by atoms with Crippen molar-refractivity contribution in [3.8, 4) is 0 Å². The smallest absolute Gasteiger partial charge is 0.230 e. The molecular formula is C18H22ClN3O2. The Labute approximate surface area is 146 Å². The van der Waals surface area contributed by atoms with Crippen LogP contribution in [0.2, 0.25) is 5.02 Å². The van der Waals surface area contributed by atoms with Crippen molar-refractivity contribution in [1.82, 2.24) is 15.2 Å². The summed E-state index contributed by atoms with van der Waals surface area (Å²) in [6.45, 7) is 5.03. The third-order valence-electron chi connectivity index (χ3n) is 5.16. The number of hydrogen-bond donors (Lipinski definition) is 2. The van der Waals surface area contributed by atoms with E-state index in [0.717, 1.165) is 62.2 Å². The summed E-state index contributed by atoms with van der Waals surface area (Å²) >= 11 is 6.14. The van der Waals surface area contributed by atoms with E-state index in [1.165, 1.54) is 0 Å². The first-order valence-electron chi connectivity index (χ1n) is 8.55. The Morgan fingerprint density at radius 3 is 2.88 bits per heavy atom. The van der Waals surface area contributed by atoms with E-state index >= 15 is 0 Å². The monoisotopic (exact) mass is 347 g/mol. The fraction of sp³-hybridized carbons (Fsp3) is 0.500. The Morgan fingerprint density at radius 1 is 1.33 bits per heavy atom. The number of hydrogen-bond acceptors (Lipinski definition) is 3. The number of benzene rings is 1. The van der Waals surface area contributed by atoms with Crippen molar-refractivity contribution in [3.05, 3.63) is 35.0 Å². The van der Waals surface area contributed by atoms with E-state index in [9.17, 15) is 4.79 Å². The van der Waals surface area contributed by atoms with Gasteiger partial charge in [0.05, 0.1) is 18.6 Å². The maximum absolute atomic E-state index is 12.8. The van der Waals surface area contributed by atoms with Crippen molar-refractivity contribution in [3.63, 3.8) is 0 Å². The minimum Gasteiger partial charge on any atom is -0.379 e. The molecule has 0 atom stereocenters. The normalized spacial score (nSPS) is 20.2. The van der Waals surface area contributed by atoms with E-state index in [-0.39, 0.29) is 11.3 Å². The number of nitrogens with zero attached hydrogens (tertiary/aromatic N) is 1. The third-order valence-corrected chi connectivity index (χ3v) is 5.40. The molecule has 1 amide bonds. The van der Waals surface area contributed by atoms with Crippen LogP contribution in [-0.2, 0) is 14.9 Å². The highest BCUT2D eigenvalue weighted by molar-refractivity contribution is 6.31. The lowest BCUT2D eigenvalue weighted by molar-refractivity contribution is -0.123. The van der Waals surface area contributed by atoms with Crippen LogP contribution >= 0.6 is 11.6 Å². The van der Waals surface area contributed by atoms with Gasteiger partial charge in [-0.1, -0.05) is 11.6 Å². The molecule has 5 nitrogen and oxygen atoms in total. The largest absolute Gasteiger partial charge is 0.379 e. The van der Waals surface area contributed by atoms with Gasteiger partial charge in [-0.15, -0.1) is 0 Å². The fourth-order valence-electron chi connectivity index (χ4n) is 3.55. The number of aromatic nitrogens is 1. The number of amides is 1. The van der Waals surface area contributed by atoms with Crippen LogP contribution in [0, 0.1) is 0 Å². The van der Waals surface area contributed by atoms with Crippen molar-refractivity contribution in [2.75, 3.05) is 39.4 Å². The maximum Gasteiger partial charge on any atom is 0.230 e. The van der Waals surface area contributed by atoms with Crippen molar-refractivity contribution in [2.24, 2.45) is 0 Å². The first-order chi connectivity index (χ1) is 11.7. The molecule has 1 aliphatic carbocycles. The summed E-state index contributed by atoms with van der Waals surface area (Å²) in [5.41, 5.74) is 1.72. The summed E-state index contributed by atoms with van der Waals surface area (Å²) in [6, 6.07) is 5.78. The Morgan fingerprint density at radius 2 is 2.12 bits per heavy atom. The maximum atomic E-state index is 12.8. The number of H-pyrrole nitrogens is 1. The number of aromatic amines is 1. The fourth-order valence-corrected chi connectivity index (χ4v) is 3.73. The first-order valence-corrected chi connectivity index (χ1v) is 8.92. The zero-order chi connectivity index (χ0) is 16.6. The zero-order valence-electron chi connectivity index (χ0n) is 13.6. The molecule has 2 heterocycles. The Bertz CT molecular complexity index is 748. The number of rotatable bonds is 5. The minimum atomic E-state index is -0.381. The van der Waals surface area contributed by atoms with E-state index in [1.54, 1.807) is 0 Å². The topological polar surface area (TPSA) is 57.4 Å². The van der Waals surface area contributed by atoms with Gasteiger partial charge in [0.2, 0.25) is 5.91 Å². The van der Waals surface area contributed by atoms with Crippen molar-refractivity contribution in [1.29, 1.82) is 0 Å². The highest BCUT2D eigenvalue weighted by atomic mass is 35.5. The molecule has 1 saturated heterocycles. The van der Waals surface area contributed by atoms with Crippen LogP contribution in [0.3, 0.4) is 0 Å². The third kappa shape index (κ3) is 2.92. The quantitative estimate of drug-likeness (QED) is 0.872. The van der Waals surface area contributed by atoms with E-state index in [2.05, 4.69) is 15.2 Å². The summed E-state index contributed by atoms with van der Waals surface area (Å²) in [4.78, 5) is 18.4. The summed E-state index contributed by atoms with van der Waals surface area (Å²) in [5.74, 6) is 0.136. The molecule has 24 heavy (non-hydrogen) atoms. The molecule has 2 aliphatic rings. The predicted molar refractivity (Wildman–Crippen MR) is 94.5 cm³/mol. The molecular weight excluding hydrogens is 326 g/mol. The molecule has 0 radical (unpaired) electrons. The number of fused-ring (bicyclic) bond motifs is 1. The molecule has 1 aliphatic heterocycles. The number of carbonyl (C=O) groups excluding carboxylic acids is 1. The van der Waals surface area contributed by atoms with Gasteiger partial charge in [-0.3, -0.25) is 9.69 Å². The minimum absolute atomic E-state index is 0.136. The number of ether oxygens (including phenoxy) is 1. The van der Waals surface area contributed by atoms with Gasteiger partial charge in [0.15, 0.2) is 0 Å². The van der Waals surface area contributed by atoms with Gasteiger partial charge < -0.3 is 15.0 Å². The molecule has 4 rings (SSSR count). The lowest BCUT2D eigenvalue weighted by atomic mass is 9.94. The molecule has 1 aromatic carbocycles. The number of carbonyl (C=O) groups is 1. The van der Waals surface area contributed by atoms with Gasteiger partial charge >= 0.3 is 0 Å². The van der Waals surface area contributed by atoms with Crippen LogP contribution in [0.15, 0.2) is 24.4 Å². The molecule has 0 spiro atoms. The molecule has 1 saturated carbocycles. The van der Waals surface area contributed by atoms with Crippen LogP contribution in [0.25, 0.3) is 10.9 Å². The lowest BCUT2D eigenvalue weighted by Crippen LogP contribution is -2.43. The van der Waals surface area contributed by atoms with Gasteiger partial charge in [0.1, 0.15) is 0 Å². The van der Waals surface area contributed by atoms with Crippen LogP contribution in [-0.4, -0.2) is 55.2 Å². The van der Waals surface area contributed by atoms with Crippen molar-refractivity contribution < 1.29 is 9.53 Å².